The van der Waals surface area contributed by atoms with Gasteiger partial charge in [-0.05, 0) is 62.2 Å². The lowest BCUT2D eigenvalue weighted by Crippen LogP contribution is -2.25. The van der Waals surface area contributed by atoms with Gasteiger partial charge in [0.2, 0.25) is 0 Å². The average Bonchev–Trinajstić information content (AvgIpc) is 2.58. The van der Waals surface area contributed by atoms with Crippen LogP contribution in [-0.2, 0) is 13.0 Å². The predicted octanol–water partition coefficient (Wildman–Crippen LogP) is 4.16. The maximum Gasteiger partial charge on any atom is 0.259 e. The minimum Gasteiger partial charge on any atom is -0.490 e. The van der Waals surface area contributed by atoms with Gasteiger partial charge in [-0.3, -0.25) is 4.79 Å². The van der Waals surface area contributed by atoms with E-state index < -0.39 is 5.91 Å². The molecule has 3 rings (SSSR count). The summed E-state index contributed by atoms with van der Waals surface area (Å²) in [6, 6.07) is 8.25. The maximum atomic E-state index is 14.7. The quantitative estimate of drug-likeness (QED) is 0.858. The Kier molecular flexibility index (Phi) is 5.25. The van der Waals surface area contributed by atoms with Gasteiger partial charge in [0.15, 0.2) is 0 Å². The van der Waals surface area contributed by atoms with Crippen LogP contribution in [0.3, 0.4) is 0 Å². The van der Waals surface area contributed by atoms with Crippen molar-refractivity contribution in [1.29, 1.82) is 0 Å². The smallest absolute Gasteiger partial charge is 0.259 e. The molecule has 1 amide bonds. The summed E-state index contributed by atoms with van der Waals surface area (Å²) in [6.45, 7) is 5.10. The van der Waals surface area contributed by atoms with Gasteiger partial charge in [0.05, 0.1) is 17.4 Å². The molecule has 0 aromatic heterocycles. The largest absolute Gasteiger partial charge is 0.490 e. The minimum absolute atomic E-state index is 0.0966. The van der Waals surface area contributed by atoms with Gasteiger partial charge in [0, 0.05) is 11.6 Å². The highest BCUT2D eigenvalue weighted by Gasteiger charge is 2.20. The number of carbonyl (C=O) groups excluding carboxylic acids is 1. The molecule has 6 heteroatoms. The molecule has 0 saturated carbocycles. The third-order valence-corrected chi connectivity index (χ3v) is 4.24. The van der Waals surface area contributed by atoms with Crippen molar-refractivity contribution in [3.05, 3.63) is 57.9 Å². The molecular weight excluding hydrogens is 343 g/mol. The zero-order valence-electron chi connectivity index (χ0n) is 14.2. The van der Waals surface area contributed by atoms with Crippen molar-refractivity contribution in [2.75, 3.05) is 11.9 Å². The molecule has 4 nitrogen and oxygen atoms in total. The second-order valence-corrected chi connectivity index (χ2v) is 6.69. The molecular formula is C19H20ClFN2O2. The zero-order valence-corrected chi connectivity index (χ0v) is 14.9. The number of halogens is 2. The number of anilines is 1. The topological polar surface area (TPSA) is 50.4 Å². The summed E-state index contributed by atoms with van der Waals surface area (Å²) in [7, 11) is 0. The van der Waals surface area contributed by atoms with Gasteiger partial charge in [0.25, 0.3) is 5.91 Å². The van der Waals surface area contributed by atoms with E-state index in [1.807, 2.05) is 19.9 Å². The third kappa shape index (κ3) is 3.94. The molecule has 1 aliphatic rings. The number of carbonyl (C=O) groups is 1. The summed E-state index contributed by atoms with van der Waals surface area (Å²) in [5, 5.41) is 6.26. The number of hydrogen-bond acceptors (Lipinski definition) is 3. The highest BCUT2D eigenvalue weighted by molar-refractivity contribution is 6.31. The Bertz CT molecular complexity index is 808. The third-order valence-electron chi connectivity index (χ3n) is 4.00. The molecule has 132 valence electrons. The Morgan fingerprint density at radius 2 is 2.12 bits per heavy atom. The SMILES string of the molecule is CC(C)Oc1ccc(Cl)cc1C(=O)Nc1ccc2c(c1F)CCNC2. The van der Waals surface area contributed by atoms with Crippen LogP contribution in [0.15, 0.2) is 30.3 Å². The summed E-state index contributed by atoms with van der Waals surface area (Å²) in [5.41, 5.74) is 2.02. The average molecular weight is 363 g/mol. The van der Waals surface area contributed by atoms with E-state index in [1.165, 1.54) is 6.07 Å². The van der Waals surface area contributed by atoms with Crippen LogP contribution >= 0.6 is 11.6 Å². The number of ether oxygens (including phenoxy) is 1. The molecule has 0 unspecified atom stereocenters. The molecule has 2 aromatic rings. The van der Waals surface area contributed by atoms with E-state index in [1.54, 1.807) is 18.2 Å². The monoisotopic (exact) mass is 362 g/mol. The van der Waals surface area contributed by atoms with E-state index in [4.69, 9.17) is 16.3 Å². The van der Waals surface area contributed by atoms with Crippen molar-refractivity contribution in [2.24, 2.45) is 0 Å². The minimum atomic E-state index is -0.453. The van der Waals surface area contributed by atoms with Crippen LogP contribution in [0.25, 0.3) is 0 Å². The highest BCUT2D eigenvalue weighted by Crippen LogP contribution is 2.28. The van der Waals surface area contributed by atoms with Crippen molar-refractivity contribution in [3.63, 3.8) is 0 Å². The first kappa shape index (κ1) is 17.7. The van der Waals surface area contributed by atoms with Gasteiger partial charge >= 0.3 is 0 Å². The number of fused-ring (bicyclic) bond motifs is 1. The Labute approximate surface area is 151 Å². The maximum absolute atomic E-state index is 14.7. The number of benzene rings is 2. The normalized spacial score (nSPS) is 13.5. The predicted molar refractivity (Wildman–Crippen MR) is 97.0 cm³/mol. The number of rotatable bonds is 4. The van der Waals surface area contributed by atoms with E-state index >= 15 is 0 Å². The lowest BCUT2D eigenvalue weighted by Gasteiger charge is -2.20. The van der Waals surface area contributed by atoms with Gasteiger partial charge in [0.1, 0.15) is 11.6 Å². The first-order valence-electron chi connectivity index (χ1n) is 8.24. The van der Waals surface area contributed by atoms with Gasteiger partial charge in [-0.15, -0.1) is 0 Å². The van der Waals surface area contributed by atoms with Crippen LogP contribution in [0, 0.1) is 5.82 Å². The van der Waals surface area contributed by atoms with Crippen molar-refractivity contribution in [3.8, 4) is 5.75 Å². The Hall–Kier alpha value is -2.11. The molecule has 0 fully saturated rings. The molecule has 1 heterocycles. The summed E-state index contributed by atoms with van der Waals surface area (Å²) >= 11 is 6.01. The van der Waals surface area contributed by atoms with Gasteiger partial charge in [-0.2, -0.15) is 0 Å². The van der Waals surface area contributed by atoms with Gasteiger partial charge in [-0.25, -0.2) is 4.39 Å². The van der Waals surface area contributed by atoms with E-state index in [9.17, 15) is 9.18 Å². The number of hydrogen-bond donors (Lipinski definition) is 2. The standard InChI is InChI=1S/C19H20ClFN2O2/c1-11(2)25-17-6-4-13(20)9-15(17)19(24)23-16-5-3-12-10-22-8-7-14(12)18(16)21/h3-6,9,11,22H,7-8,10H2,1-2H3,(H,23,24). The fourth-order valence-electron chi connectivity index (χ4n) is 2.86. The van der Waals surface area contributed by atoms with Gasteiger partial charge < -0.3 is 15.4 Å². The Morgan fingerprint density at radius 1 is 1.32 bits per heavy atom. The Balaban J connectivity index is 1.89. The fourth-order valence-corrected chi connectivity index (χ4v) is 3.03. The second-order valence-electron chi connectivity index (χ2n) is 6.25. The molecule has 0 bridgehead atoms. The molecule has 25 heavy (non-hydrogen) atoms. The second kappa shape index (κ2) is 7.42. The van der Waals surface area contributed by atoms with E-state index in [2.05, 4.69) is 10.6 Å². The highest BCUT2D eigenvalue weighted by atomic mass is 35.5. The molecule has 0 radical (unpaired) electrons. The first-order chi connectivity index (χ1) is 12.0. The molecule has 0 saturated heterocycles. The van der Waals surface area contributed by atoms with E-state index in [0.29, 0.717) is 29.3 Å². The van der Waals surface area contributed by atoms with E-state index in [-0.39, 0.29) is 23.2 Å². The van der Waals surface area contributed by atoms with Crippen molar-refractivity contribution >= 4 is 23.2 Å². The fraction of sp³-hybridized carbons (Fsp3) is 0.316. The lowest BCUT2D eigenvalue weighted by molar-refractivity contribution is 0.102. The van der Waals surface area contributed by atoms with Crippen LogP contribution in [0.2, 0.25) is 5.02 Å². The molecule has 2 N–H and O–H groups in total. The van der Waals surface area contributed by atoms with Crippen molar-refractivity contribution in [2.45, 2.75) is 32.9 Å². The summed E-state index contributed by atoms with van der Waals surface area (Å²) in [5.74, 6) is -0.411. The zero-order chi connectivity index (χ0) is 18.0. The molecule has 2 aromatic carbocycles. The van der Waals surface area contributed by atoms with Crippen LogP contribution in [-0.4, -0.2) is 18.6 Å². The molecule has 0 spiro atoms. The Morgan fingerprint density at radius 3 is 2.88 bits per heavy atom. The molecule has 0 atom stereocenters. The van der Waals surface area contributed by atoms with Crippen molar-refractivity contribution < 1.29 is 13.9 Å². The lowest BCUT2D eigenvalue weighted by atomic mass is 9.99. The van der Waals surface area contributed by atoms with Crippen LogP contribution in [0.5, 0.6) is 5.75 Å². The van der Waals surface area contributed by atoms with Crippen LogP contribution < -0.4 is 15.4 Å². The van der Waals surface area contributed by atoms with E-state index in [0.717, 1.165) is 12.1 Å². The van der Waals surface area contributed by atoms with Crippen LogP contribution in [0.4, 0.5) is 10.1 Å². The summed E-state index contributed by atoms with van der Waals surface area (Å²) < 4.78 is 20.4. The molecule has 0 aliphatic carbocycles. The summed E-state index contributed by atoms with van der Waals surface area (Å²) in [4.78, 5) is 12.7. The number of amides is 1. The summed E-state index contributed by atoms with van der Waals surface area (Å²) in [6.07, 6.45) is 0.504. The van der Waals surface area contributed by atoms with Crippen LogP contribution in [0.1, 0.15) is 35.3 Å². The number of nitrogens with one attached hydrogen (secondary N) is 2. The van der Waals surface area contributed by atoms with Gasteiger partial charge in [-0.1, -0.05) is 17.7 Å². The first-order valence-corrected chi connectivity index (χ1v) is 8.62. The van der Waals surface area contributed by atoms with Crippen molar-refractivity contribution in [1.82, 2.24) is 5.32 Å². The molecule has 1 aliphatic heterocycles.